The summed E-state index contributed by atoms with van der Waals surface area (Å²) in [6, 6.07) is 8.18. The van der Waals surface area contributed by atoms with Crippen LogP contribution in [-0.2, 0) is 7.05 Å². The van der Waals surface area contributed by atoms with Gasteiger partial charge in [0, 0.05) is 25.5 Å². The highest BCUT2D eigenvalue weighted by molar-refractivity contribution is 9.10. The Morgan fingerprint density at radius 2 is 1.92 bits per heavy atom. The summed E-state index contributed by atoms with van der Waals surface area (Å²) >= 11 is 3.20. The van der Waals surface area contributed by atoms with Crippen molar-refractivity contribution in [2.45, 2.75) is 6.04 Å². The predicted molar refractivity (Wildman–Crippen MR) is 98.5 cm³/mol. The van der Waals surface area contributed by atoms with E-state index in [1.54, 1.807) is 38.6 Å². The topological polar surface area (TPSA) is 78.5 Å². The quantitative estimate of drug-likeness (QED) is 0.662. The second kappa shape index (κ2) is 7.65. The third-order valence-electron chi connectivity index (χ3n) is 3.90. The SMILES string of the molecule is COc1cc(OC)cc([C@H](NC(=O)c2ccc(Br)o2)c2nccn2C)c1. The van der Waals surface area contributed by atoms with E-state index in [0.29, 0.717) is 22.0 Å². The first-order chi connectivity index (χ1) is 12.5. The zero-order chi connectivity index (χ0) is 18.7. The van der Waals surface area contributed by atoms with E-state index in [9.17, 15) is 4.79 Å². The molecule has 8 heteroatoms. The smallest absolute Gasteiger partial charge is 0.287 e. The minimum absolute atomic E-state index is 0.200. The first-order valence-corrected chi connectivity index (χ1v) is 8.57. The molecule has 2 heterocycles. The summed E-state index contributed by atoms with van der Waals surface area (Å²) in [4.78, 5) is 17.0. The number of furan rings is 1. The van der Waals surface area contributed by atoms with Crippen LogP contribution in [0, 0.1) is 0 Å². The summed E-state index contributed by atoms with van der Waals surface area (Å²) in [5, 5.41) is 2.96. The molecule has 3 rings (SSSR count). The second-order valence-electron chi connectivity index (χ2n) is 5.55. The number of aromatic nitrogens is 2. The minimum atomic E-state index is -0.518. The lowest BCUT2D eigenvalue weighted by Gasteiger charge is -2.20. The zero-order valence-electron chi connectivity index (χ0n) is 14.5. The third-order valence-corrected chi connectivity index (χ3v) is 4.32. The van der Waals surface area contributed by atoms with Gasteiger partial charge in [-0.15, -0.1) is 0 Å². The lowest BCUT2D eigenvalue weighted by atomic mass is 10.0. The minimum Gasteiger partial charge on any atom is -0.497 e. The number of ether oxygens (including phenoxy) is 2. The van der Waals surface area contributed by atoms with Crippen LogP contribution in [0.25, 0.3) is 0 Å². The maximum atomic E-state index is 12.6. The van der Waals surface area contributed by atoms with E-state index in [1.807, 2.05) is 29.9 Å². The Morgan fingerprint density at radius 3 is 2.42 bits per heavy atom. The zero-order valence-corrected chi connectivity index (χ0v) is 16.1. The summed E-state index contributed by atoms with van der Waals surface area (Å²) < 4.78 is 18.4. The first-order valence-electron chi connectivity index (χ1n) is 7.78. The Bertz CT molecular complexity index is 897. The van der Waals surface area contributed by atoms with Crippen molar-refractivity contribution in [2.24, 2.45) is 7.05 Å². The molecule has 1 aromatic carbocycles. The van der Waals surface area contributed by atoms with Gasteiger partial charge in [0.2, 0.25) is 0 Å². The molecule has 0 bridgehead atoms. The van der Waals surface area contributed by atoms with Crippen LogP contribution in [0.2, 0.25) is 0 Å². The summed E-state index contributed by atoms with van der Waals surface area (Å²) in [6.45, 7) is 0. The highest BCUT2D eigenvalue weighted by Crippen LogP contribution is 2.30. The number of imidazole rings is 1. The molecule has 26 heavy (non-hydrogen) atoms. The van der Waals surface area contributed by atoms with Gasteiger partial charge in [-0.2, -0.15) is 0 Å². The number of nitrogens with one attached hydrogen (secondary N) is 1. The molecule has 0 saturated heterocycles. The summed E-state index contributed by atoms with van der Waals surface area (Å²) in [7, 11) is 5.02. The van der Waals surface area contributed by atoms with Crippen molar-refractivity contribution in [3.63, 3.8) is 0 Å². The van der Waals surface area contributed by atoms with Crippen molar-refractivity contribution in [2.75, 3.05) is 14.2 Å². The highest BCUT2D eigenvalue weighted by Gasteiger charge is 2.24. The molecule has 7 nitrogen and oxygen atoms in total. The van der Waals surface area contributed by atoms with Crippen LogP contribution in [0.3, 0.4) is 0 Å². The molecule has 0 aliphatic rings. The fraction of sp³-hybridized carbons (Fsp3) is 0.222. The van der Waals surface area contributed by atoms with Crippen molar-refractivity contribution in [1.82, 2.24) is 14.9 Å². The summed E-state index contributed by atoms with van der Waals surface area (Å²) in [6.07, 6.45) is 3.49. The van der Waals surface area contributed by atoms with Gasteiger partial charge in [-0.05, 0) is 45.8 Å². The molecule has 0 unspecified atom stereocenters. The van der Waals surface area contributed by atoms with Crippen LogP contribution in [0.15, 0.2) is 51.8 Å². The number of hydrogen-bond donors (Lipinski definition) is 1. The van der Waals surface area contributed by atoms with E-state index in [4.69, 9.17) is 13.9 Å². The molecule has 0 spiro atoms. The number of halogens is 1. The lowest BCUT2D eigenvalue weighted by Crippen LogP contribution is -2.31. The van der Waals surface area contributed by atoms with Gasteiger partial charge in [0.05, 0.1) is 14.2 Å². The monoisotopic (exact) mass is 419 g/mol. The molecule has 1 atom stereocenters. The molecule has 1 amide bonds. The van der Waals surface area contributed by atoms with Gasteiger partial charge in [0.1, 0.15) is 23.4 Å². The van der Waals surface area contributed by atoms with Crippen LogP contribution in [-0.4, -0.2) is 29.7 Å². The molecule has 0 saturated carbocycles. The van der Waals surface area contributed by atoms with E-state index in [2.05, 4.69) is 26.2 Å². The van der Waals surface area contributed by atoms with Crippen LogP contribution >= 0.6 is 15.9 Å². The van der Waals surface area contributed by atoms with E-state index >= 15 is 0 Å². The number of rotatable bonds is 6. The Labute approximate surface area is 159 Å². The maximum absolute atomic E-state index is 12.6. The fourth-order valence-electron chi connectivity index (χ4n) is 2.59. The number of nitrogens with zero attached hydrogens (tertiary/aromatic N) is 2. The fourth-order valence-corrected chi connectivity index (χ4v) is 2.89. The molecule has 2 aromatic heterocycles. The second-order valence-corrected chi connectivity index (χ2v) is 6.33. The molecule has 0 fully saturated rings. The molecule has 1 N–H and O–H groups in total. The molecular formula is C18H18BrN3O4. The molecule has 3 aromatic rings. The number of carbonyl (C=O) groups is 1. The van der Waals surface area contributed by atoms with Gasteiger partial charge in [-0.1, -0.05) is 0 Å². The maximum Gasteiger partial charge on any atom is 0.287 e. The molecule has 0 aliphatic carbocycles. The van der Waals surface area contributed by atoms with Crippen LogP contribution in [0.1, 0.15) is 28.0 Å². The van der Waals surface area contributed by atoms with E-state index in [0.717, 1.165) is 5.56 Å². The predicted octanol–water partition coefficient (Wildman–Crippen LogP) is 3.31. The number of aryl methyl sites for hydroxylation is 1. The van der Waals surface area contributed by atoms with Crippen molar-refractivity contribution in [1.29, 1.82) is 0 Å². The van der Waals surface area contributed by atoms with Gasteiger partial charge in [0.15, 0.2) is 10.4 Å². The molecule has 136 valence electrons. The number of carbonyl (C=O) groups excluding carboxylic acids is 1. The Morgan fingerprint density at radius 1 is 1.23 bits per heavy atom. The van der Waals surface area contributed by atoms with Gasteiger partial charge in [0.25, 0.3) is 5.91 Å². The number of hydrogen-bond acceptors (Lipinski definition) is 5. The Balaban J connectivity index is 2.02. The van der Waals surface area contributed by atoms with Crippen LogP contribution < -0.4 is 14.8 Å². The van der Waals surface area contributed by atoms with E-state index in [-0.39, 0.29) is 11.7 Å². The van der Waals surface area contributed by atoms with Crippen LogP contribution in [0.4, 0.5) is 0 Å². The van der Waals surface area contributed by atoms with Crippen molar-refractivity contribution in [3.8, 4) is 11.5 Å². The summed E-state index contributed by atoms with van der Waals surface area (Å²) in [5.41, 5.74) is 0.773. The number of methoxy groups -OCH3 is 2. The van der Waals surface area contributed by atoms with Gasteiger partial charge in [-0.3, -0.25) is 4.79 Å². The number of amides is 1. The molecule has 0 radical (unpaired) electrons. The van der Waals surface area contributed by atoms with Gasteiger partial charge < -0.3 is 23.8 Å². The van der Waals surface area contributed by atoms with Crippen molar-refractivity contribution in [3.05, 3.63) is 64.5 Å². The third kappa shape index (κ3) is 3.75. The Kier molecular flexibility index (Phi) is 5.32. The number of benzene rings is 1. The van der Waals surface area contributed by atoms with Gasteiger partial charge in [-0.25, -0.2) is 4.98 Å². The average molecular weight is 420 g/mol. The normalized spacial score (nSPS) is 11.8. The largest absolute Gasteiger partial charge is 0.497 e. The molecular weight excluding hydrogens is 402 g/mol. The Hall–Kier alpha value is -2.74. The lowest BCUT2D eigenvalue weighted by molar-refractivity contribution is 0.0911. The van der Waals surface area contributed by atoms with Crippen LogP contribution in [0.5, 0.6) is 11.5 Å². The molecule has 0 aliphatic heterocycles. The average Bonchev–Trinajstić information content (AvgIpc) is 3.27. The van der Waals surface area contributed by atoms with Crippen molar-refractivity contribution < 1.29 is 18.7 Å². The first kappa shape index (κ1) is 18.1. The standard InChI is InChI=1S/C18H18BrN3O4/c1-22-7-6-20-17(22)16(21-18(23)14-4-5-15(19)26-14)11-8-12(24-2)10-13(9-11)25-3/h4-10,16H,1-3H3,(H,21,23)/t16-/m0/s1. The van der Waals surface area contributed by atoms with E-state index in [1.165, 1.54) is 0 Å². The highest BCUT2D eigenvalue weighted by atomic mass is 79.9. The van der Waals surface area contributed by atoms with Crippen molar-refractivity contribution >= 4 is 21.8 Å². The van der Waals surface area contributed by atoms with E-state index < -0.39 is 6.04 Å². The summed E-state index contributed by atoms with van der Waals surface area (Å²) in [5.74, 6) is 1.75. The van der Waals surface area contributed by atoms with Gasteiger partial charge >= 0.3 is 0 Å².